The average Bonchev–Trinajstić information content (AvgIpc) is 2.46. The summed E-state index contributed by atoms with van der Waals surface area (Å²) >= 11 is 0. The van der Waals surface area contributed by atoms with Crippen LogP contribution in [0.1, 0.15) is 28.9 Å². The second kappa shape index (κ2) is 6.30. The van der Waals surface area contributed by atoms with E-state index in [4.69, 9.17) is 4.74 Å². The predicted octanol–water partition coefficient (Wildman–Crippen LogP) is 3.14. The maximum absolute atomic E-state index is 13.1. The van der Waals surface area contributed by atoms with Crippen LogP contribution in [-0.2, 0) is 0 Å². The highest BCUT2D eigenvalue weighted by Gasteiger charge is 2.13. The maximum atomic E-state index is 13.1. The molecule has 0 heterocycles. The lowest BCUT2D eigenvalue weighted by atomic mass is 10.1. The number of rotatable bonds is 5. The van der Waals surface area contributed by atoms with E-state index in [1.165, 1.54) is 19.1 Å². The summed E-state index contributed by atoms with van der Waals surface area (Å²) in [5, 5.41) is 9.98. The van der Waals surface area contributed by atoms with Gasteiger partial charge >= 0.3 is 0 Å². The van der Waals surface area contributed by atoms with Crippen LogP contribution in [0.25, 0.3) is 0 Å². The van der Waals surface area contributed by atoms with Crippen molar-refractivity contribution in [3.05, 3.63) is 65.5 Å². The van der Waals surface area contributed by atoms with Gasteiger partial charge in [0.1, 0.15) is 24.3 Å². The van der Waals surface area contributed by atoms with E-state index in [0.29, 0.717) is 0 Å². The Kier molecular flexibility index (Phi) is 4.48. The zero-order valence-corrected chi connectivity index (χ0v) is 11.0. The molecule has 2 rings (SSSR count). The van der Waals surface area contributed by atoms with Gasteiger partial charge in [-0.25, -0.2) is 4.39 Å². The fraction of sp³-hybridized carbons (Fsp3) is 0.188. The lowest BCUT2D eigenvalue weighted by Gasteiger charge is -2.14. The van der Waals surface area contributed by atoms with Crippen LogP contribution in [0.5, 0.6) is 5.75 Å². The number of hydrogen-bond donors (Lipinski definition) is 1. The van der Waals surface area contributed by atoms with Crippen molar-refractivity contribution in [3.8, 4) is 5.75 Å². The molecule has 1 atom stereocenters. The number of ketones is 1. The average molecular weight is 274 g/mol. The maximum Gasteiger partial charge on any atom is 0.163 e. The third kappa shape index (κ3) is 3.42. The highest BCUT2D eigenvalue weighted by Crippen LogP contribution is 2.22. The summed E-state index contributed by atoms with van der Waals surface area (Å²) < 4.78 is 18.5. The Morgan fingerprint density at radius 2 is 1.95 bits per heavy atom. The summed E-state index contributed by atoms with van der Waals surface area (Å²) in [4.78, 5) is 11.4. The first kappa shape index (κ1) is 14.2. The van der Waals surface area contributed by atoms with Crippen molar-refractivity contribution in [1.29, 1.82) is 0 Å². The van der Waals surface area contributed by atoms with E-state index in [-0.39, 0.29) is 23.7 Å². The summed E-state index contributed by atoms with van der Waals surface area (Å²) in [5.41, 5.74) is 0.893. The molecule has 0 saturated carbocycles. The molecule has 0 fully saturated rings. The third-order valence-corrected chi connectivity index (χ3v) is 2.90. The minimum Gasteiger partial charge on any atom is -0.490 e. The second-order valence-corrected chi connectivity index (χ2v) is 4.43. The Hall–Kier alpha value is -2.20. The summed E-state index contributed by atoms with van der Waals surface area (Å²) in [5.74, 6) is -0.506. The van der Waals surface area contributed by atoms with Gasteiger partial charge in [0.05, 0.1) is 5.56 Å². The molecule has 20 heavy (non-hydrogen) atoms. The molecule has 2 aromatic rings. The topological polar surface area (TPSA) is 46.5 Å². The zero-order valence-electron chi connectivity index (χ0n) is 11.0. The number of aliphatic hydroxyl groups excluding tert-OH is 1. The predicted molar refractivity (Wildman–Crippen MR) is 73.3 cm³/mol. The number of carbonyl (C=O) groups excluding carboxylic acids is 1. The monoisotopic (exact) mass is 274 g/mol. The molecule has 0 aliphatic heterocycles. The molecule has 104 valence electrons. The van der Waals surface area contributed by atoms with Gasteiger partial charge in [0.25, 0.3) is 0 Å². The molecule has 0 amide bonds. The van der Waals surface area contributed by atoms with Crippen molar-refractivity contribution < 1.29 is 19.0 Å². The number of carbonyl (C=O) groups is 1. The van der Waals surface area contributed by atoms with Crippen molar-refractivity contribution in [2.75, 3.05) is 6.61 Å². The summed E-state index contributed by atoms with van der Waals surface area (Å²) in [6.07, 6.45) is -0.805. The quantitative estimate of drug-likeness (QED) is 0.852. The van der Waals surface area contributed by atoms with Crippen LogP contribution in [0.2, 0.25) is 0 Å². The minimum atomic E-state index is -0.805. The van der Waals surface area contributed by atoms with Gasteiger partial charge in [-0.1, -0.05) is 30.3 Å². The smallest absolute Gasteiger partial charge is 0.163 e. The SMILES string of the molecule is CC(=O)c1cc(F)ccc1OCC(O)c1ccccc1. The van der Waals surface area contributed by atoms with E-state index in [9.17, 15) is 14.3 Å². The lowest BCUT2D eigenvalue weighted by molar-refractivity contribution is 0.0976. The van der Waals surface area contributed by atoms with E-state index in [1.54, 1.807) is 12.1 Å². The molecule has 3 nitrogen and oxygen atoms in total. The number of halogens is 1. The van der Waals surface area contributed by atoms with Gasteiger partial charge in [-0.3, -0.25) is 4.79 Å². The van der Waals surface area contributed by atoms with E-state index >= 15 is 0 Å². The Balaban J connectivity index is 2.09. The normalized spacial score (nSPS) is 11.9. The molecular formula is C16H15FO3. The van der Waals surface area contributed by atoms with Crippen LogP contribution < -0.4 is 4.74 Å². The first-order valence-electron chi connectivity index (χ1n) is 6.24. The number of benzene rings is 2. The fourth-order valence-corrected chi connectivity index (χ4v) is 1.84. The Morgan fingerprint density at radius 3 is 2.60 bits per heavy atom. The largest absolute Gasteiger partial charge is 0.490 e. The highest BCUT2D eigenvalue weighted by atomic mass is 19.1. The summed E-state index contributed by atoms with van der Waals surface area (Å²) in [7, 11) is 0. The van der Waals surface area contributed by atoms with Gasteiger partial charge in [-0.15, -0.1) is 0 Å². The Morgan fingerprint density at radius 1 is 1.25 bits per heavy atom. The van der Waals surface area contributed by atoms with E-state index in [0.717, 1.165) is 11.6 Å². The highest BCUT2D eigenvalue weighted by molar-refractivity contribution is 5.96. The number of aliphatic hydroxyl groups is 1. The van der Waals surface area contributed by atoms with Gasteiger partial charge < -0.3 is 9.84 Å². The molecule has 1 unspecified atom stereocenters. The standard InChI is InChI=1S/C16H15FO3/c1-11(18)14-9-13(17)7-8-16(14)20-10-15(19)12-5-3-2-4-6-12/h2-9,15,19H,10H2,1H3. The molecular weight excluding hydrogens is 259 g/mol. The third-order valence-electron chi connectivity index (χ3n) is 2.90. The molecule has 0 aromatic heterocycles. The number of Topliss-reactive ketones (excluding diaryl/α,β-unsaturated/α-hetero) is 1. The molecule has 0 aliphatic rings. The van der Waals surface area contributed by atoms with Gasteiger partial charge in [0.2, 0.25) is 0 Å². The molecule has 0 spiro atoms. The Bertz CT molecular complexity index is 596. The molecule has 1 N–H and O–H groups in total. The van der Waals surface area contributed by atoms with Crippen LogP contribution >= 0.6 is 0 Å². The first-order valence-corrected chi connectivity index (χ1v) is 6.24. The lowest BCUT2D eigenvalue weighted by Crippen LogP contribution is -2.11. The van der Waals surface area contributed by atoms with Crippen LogP contribution in [-0.4, -0.2) is 17.5 Å². The minimum absolute atomic E-state index is 0.00404. The molecule has 2 aromatic carbocycles. The first-order chi connectivity index (χ1) is 9.58. The zero-order chi connectivity index (χ0) is 14.5. The number of ether oxygens (including phenoxy) is 1. The van der Waals surface area contributed by atoms with Crippen molar-refractivity contribution in [3.63, 3.8) is 0 Å². The molecule has 0 saturated heterocycles. The van der Waals surface area contributed by atoms with Crippen molar-refractivity contribution in [2.45, 2.75) is 13.0 Å². The van der Waals surface area contributed by atoms with Crippen molar-refractivity contribution in [1.82, 2.24) is 0 Å². The van der Waals surface area contributed by atoms with Crippen molar-refractivity contribution in [2.24, 2.45) is 0 Å². The fourth-order valence-electron chi connectivity index (χ4n) is 1.84. The van der Waals surface area contributed by atoms with Crippen LogP contribution in [0.15, 0.2) is 48.5 Å². The Labute approximate surface area is 116 Å². The summed E-state index contributed by atoms with van der Waals surface area (Å²) in [6.45, 7) is 1.34. The van der Waals surface area contributed by atoms with E-state index in [1.807, 2.05) is 18.2 Å². The van der Waals surface area contributed by atoms with E-state index < -0.39 is 11.9 Å². The second-order valence-electron chi connectivity index (χ2n) is 4.43. The number of hydrogen-bond acceptors (Lipinski definition) is 3. The van der Waals surface area contributed by atoms with Gasteiger partial charge in [0.15, 0.2) is 5.78 Å². The molecule has 4 heteroatoms. The molecule has 0 radical (unpaired) electrons. The van der Waals surface area contributed by atoms with Crippen LogP contribution in [0.3, 0.4) is 0 Å². The van der Waals surface area contributed by atoms with Crippen LogP contribution in [0.4, 0.5) is 4.39 Å². The molecule has 0 bridgehead atoms. The van der Waals surface area contributed by atoms with Gasteiger partial charge in [-0.2, -0.15) is 0 Å². The van der Waals surface area contributed by atoms with E-state index in [2.05, 4.69) is 0 Å². The molecule has 0 aliphatic carbocycles. The van der Waals surface area contributed by atoms with Crippen LogP contribution in [0, 0.1) is 5.82 Å². The van der Waals surface area contributed by atoms with Gasteiger partial charge in [-0.05, 0) is 30.7 Å². The van der Waals surface area contributed by atoms with Gasteiger partial charge in [0, 0.05) is 0 Å². The van der Waals surface area contributed by atoms with Crippen molar-refractivity contribution >= 4 is 5.78 Å². The summed E-state index contributed by atoms with van der Waals surface area (Å²) in [6, 6.07) is 12.8.